The molecule has 1 N–H and O–H groups in total. The summed E-state index contributed by atoms with van der Waals surface area (Å²) in [5.41, 5.74) is 1.54. The zero-order valence-corrected chi connectivity index (χ0v) is 24.9. The number of hydrogen-bond donors (Lipinski definition) is 1. The summed E-state index contributed by atoms with van der Waals surface area (Å²) in [6, 6.07) is 20.3. The molecule has 7 heteroatoms. The average Bonchev–Trinajstić information content (AvgIpc) is 2.99. The van der Waals surface area contributed by atoms with Crippen molar-refractivity contribution in [2.45, 2.75) is 64.8 Å². The lowest BCUT2D eigenvalue weighted by molar-refractivity contribution is -0.0318. The van der Waals surface area contributed by atoms with Crippen LogP contribution in [0.4, 0.5) is 0 Å². The Morgan fingerprint density at radius 1 is 0.550 bits per heavy atom. The first-order valence-corrected chi connectivity index (χ1v) is 15.1. The molecule has 0 bridgehead atoms. The van der Waals surface area contributed by atoms with Crippen molar-refractivity contribution in [3.63, 3.8) is 0 Å². The quantitative estimate of drug-likeness (QED) is 0.153. The first-order chi connectivity index (χ1) is 19.6. The predicted molar refractivity (Wildman–Crippen MR) is 160 cm³/mol. The van der Waals surface area contributed by atoms with Crippen LogP contribution in [0.2, 0.25) is 0 Å². The first-order valence-electron chi connectivity index (χ1n) is 15.1. The number of nitrogens with zero attached hydrogens (tertiary/aromatic N) is 1. The zero-order valence-electron chi connectivity index (χ0n) is 24.9. The van der Waals surface area contributed by atoms with Crippen molar-refractivity contribution in [3.8, 4) is 0 Å². The molecular formula is C33H53NO6. The van der Waals surface area contributed by atoms with E-state index >= 15 is 0 Å². The number of ether oxygens (including phenoxy) is 5. The average molecular weight is 560 g/mol. The van der Waals surface area contributed by atoms with E-state index in [2.05, 4.69) is 43.0 Å². The summed E-state index contributed by atoms with van der Waals surface area (Å²) in [7, 11) is 0. The van der Waals surface area contributed by atoms with Gasteiger partial charge in [0.15, 0.2) is 0 Å². The molecule has 0 fully saturated rings. The fraction of sp³-hybridized carbons (Fsp3) is 0.636. The van der Waals surface area contributed by atoms with Crippen LogP contribution in [0.3, 0.4) is 0 Å². The molecule has 0 saturated carbocycles. The van der Waals surface area contributed by atoms with Gasteiger partial charge in [-0.3, -0.25) is 0 Å². The van der Waals surface area contributed by atoms with E-state index in [-0.39, 0.29) is 0 Å². The second-order valence-electron chi connectivity index (χ2n) is 10.1. The van der Waals surface area contributed by atoms with Crippen LogP contribution in [0.15, 0.2) is 60.7 Å². The molecule has 0 heterocycles. The number of rotatable bonds is 26. The highest BCUT2D eigenvalue weighted by molar-refractivity contribution is 5.14. The largest absolute Gasteiger partial charge is 0.390 e. The fourth-order valence-corrected chi connectivity index (χ4v) is 4.45. The van der Waals surface area contributed by atoms with E-state index in [1.807, 2.05) is 36.4 Å². The summed E-state index contributed by atoms with van der Waals surface area (Å²) in [6.07, 6.45) is 3.56. The van der Waals surface area contributed by atoms with E-state index in [1.54, 1.807) is 0 Å². The highest BCUT2D eigenvalue weighted by Crippen LogP contribution is 2.24. The molecule has 0 saturated heterocycles. The van der Waals surface area contributed by atoms with Crippen molar-refractivity contribution in [1.29, 1.82) is 0 Å². The topological polar surface area (TPSA) is 69.6 Å². The maximum absolute atomic E-state index is 11.4. The van der Waals surface area contributed by atoms with Crippen LogP contribution in [0.1, 0.15) is 57.1 Å². The van der Waals surface area contributed by atoms with Crippen LogP contribution in [0, 0.1) is 0 Å². The third-order valence-electron chi connectivity index (χ3n) is 6.99. The third kappa shape index (κ3) is 17.1. The summed E-state index contributed by atoms with van der Waals surface area (Å²) in [5, 5.41) is 11.4. The lowest BCUT2D eigenvalue weighted by atomic mass is 9.89. The molecule has 0 spiro atoms. The molecule has 0 aliphatic rings. The summed E-state index contributed by atoms with van der Waals surface area (Å²) < 4.78 is 28.8. The molecule has 40 heavy (non-hydrogen) atoms. The molecule has 226 valence electrons. The van der Waals surface area contributed by atoms with Crippen molar-refractivity contribution in [2.24, 2.45) is 0 Å². The second-order valence-corrected chi connectivity index (χ2v) is 10.1. The number of likely N-dealkylation sites (N-methyl/N-ethyl adjacent to an activating group) is 1. The smallest absolute Gasteiger partial charge is 0.0718 e. The Hall–Kier alpha value is -1.84. The molecule has 0 aromatic heterocycles. The van der Waals surface area contributed by atoms with Crippen LogP contribution in [-0.4, -0.2) is 88.1 Å². The zero-order chi connectivity index (χ0) is 28.6. The molecule has 0 radical (unpaired) electrons. The Bertz CT molecular complexity index is 763. The summed E-state index contributed by atoms with van der Waals surface area (Å²) in [4.78, 5) is 2.34. The lowest BCUT2D eigenvalue weighted by Gasteiger charge is -2.28. The van der Waals surface area contributed by atoms with Crippen molar-refractivity contribution < 1.29 is 28.8 Å². The van der Waals surface area contributed by atoms with E-state index in [4.69, 9.17) is 23.7 Å². The van der Waals surface area contributed by atoms with Crippen LogP contribution in [-0.2, 0) is 36.9 Å². The fourth-order valence-electron chi connectivity index (χ4n) is 4.45. The van der Waals surface area contributed by atoms with Crippen LogP contribution in [0.25, 0.3) is 0 Å². The molecule has 2 aromatic rings. The maximum atomic E-state index is 11.4. The number of benzene rings is 2. The molecule has 2 rings (SSSR count). The SMILES string of the molecule is CCN(CC)CCOCCC(O)(CCCOCCOCc1ccccc1)CCCOCCOCc1ccccc1. The minimum Gasteiger partial charge on any atom is -0.390 e. The van der Waals surface area contributed by atoms with Gasteiger partial charge in [-0.05, 0) is 56.3 Å². The predicted octanol–water partition coefficient (Wildman–Crippen LogP) is 5.49. The molecular weight excluding hydrogens is 506 g/mol. The van der Waals surface area contributed by atoms with Gasteiger partial charge in [0.05, 0.1) is 51.8 Å². The van der Waals surface area contributed by atoms with Gasteiger partial charge in [-0.1, -0.05) is 74.5 Å². The van der Waals surface area contributed by atoms with Gasteiger partial charge < -0.3 is 33.7 Å². The normalized spacial score (nSPS) is 11.9. The van der Waals surface area contributed by atoms with E-state index in [1.165, 1.54) is 0 Å². The lowest BCUT2D eigenvalue weighted by Crippen LogP contribution is -2.32. The van der Waals surface area contributed by atoms with Crippen molar-refractivity contribution in [1.82, 2.24) is 4.90 Å². The first kappa shape index (κ1) is 34.4. The standard InChI is InChI=1S/C33H53NO6/c1-3-34(4-2)20-24-38-23-19-33(35,17-11-21-36-25-27-39-29-31-13-7-5-8-14-31)18-12-22-37-26-28-40-30-32-15-9-6-10-16-32/h5-10,13-16,35H,3-4,11-12,17-30H2,1-2H3. The van der Waals surface area contributed by atoms with Crippen LogP contribution < -0.4 is 0 Å². The number of aliphatic hydroxyl groups is 1. The Morgan fingerprint density at radius 2 is 1.00 bits per heavy atom. The summed E-state index contributed by atoms with van der Waals surface area (Å²) >= 11 is 0. The minimum atomic E-state index is -0.782. The third-order valence-corrected chi connectivity index (χ3v) is 6.99. The van der Waals surface area contributed by atoms with Crippen LogP contribution >= 0.6 is 0 Å². The molecule has 0 unspecified atom stereocenters. The summed E-state index contributed by atoms with van der Waals surface area (Å²) in [5.74, 6) is 0. The molecule has 0 aliphatic heterocycles. The van der Waals surface area contributed by atoms with Gasteiger partial charge in [-0.2, -0.15) is 0 Å². The van der Waals surface area contributed by atoms with Gasteiger partial charge >= 0.3 is 0 Å². The van der Waals surface area contributed by atoms with Gasteiger partial charge in [0.25, 0.3) is 0 Å². The van der Waals surface area contributed by atoms with Gasteiger partial charge in [-0.15, -0.1) is 0 Å². The van der Waals surface area contributed by atoms with E-state index in [0.29, 0.717) is 85.3 Å². The molecule has 0 aliphatic carbocycles. The van der Waals surface area contributed by atoms with E-state index in [9.17, 15) is 5.11 Å². The maximum Gasteiger partial charge on any atom is 0.0718 e. The number of hydrogen-bond acceptors (Lipinski definition) is 7. The van der Waals surface area contributed by atoms with Gasteiger partial charge in [0, 0.05) is 26.4 Å². The van der Waals surface area contributed by atoms with Gasteiger partial charge in [0.1, 0.15) is 0 Å². The van der Waals surface area contributed by atoms with E-state index in [0.717, 1.165) is 43.6 Å². The Morgan fingerprint density at radius 3 is 1.48 bits per heavy atom. The Labute approximate surface area is 242 Å². The highest BCUT2D eigenvalue weighted by Gasteiger charge is 2.26. The molecule has 2 aromatic carbocycles. The second kappa shape index (κ2) is 22.8. The molecule has 0 atom stereocenters. The van der Waals surface area contributed by atoms with Gasteiger partial charge in [-0.25, -0.2) is 0 Å². The Balaban J connectivity index is 1.59. The molecule has 7 nitrogen and oxygen atoms in total. The van der Waals surface area contributed by atoms with Gasteiger partial charge in [0.2, 0.25) is 0 Å². The monoisotopic (exact) mass is 559 g/mol. The Kier molecular flexibility index (Phi) is 19.6. The summed E-state index contributed by atoms with van der Waals surface area (Å²) in [6.45, 7) is 13.2. The van der Waals surface area contributed by atoms with Crippen molar-refractivity contribution in [3.05, 3.63) is 71.8 Å². The highest BCUT2D eigenvalue weighted by atomic mass is 16.5. The van der Waals surface area contributed by atoms with Crippen LogP contribution in [0.5, 0.6) is 0 Å². The minimum absolute atomic E-state index is 0.555. The van der Waals surface area contributed by atoms with E-state index < -0.39 is 5.60 Å². The van der Waals surface area contributed by atoms with Crippen molar-refractivity contribution >= 4 is 0 Å². The van der Waals surface area contributed by atoms with Crippen molar-refractivity contribution in [2.75, 3.05) is 72.5 Å². The molecule has 0 amide bonds.